The zero-order chi connectivity index (χ0) is 19.3. The van der Waals surface area contributed by atoms with Gasteiger partial charge in [-0.3, -0.25) is 0 Å². The van der Waals surface area contributed by atoms with Crippen molar-refractivity contribution in [1.29, 1.82) is 0 Å². The highest BCUT2D eigenvalue weighted by Crippen LogP contribution is 2.26. The van der Waals surface area contributed by atoms with Crippen molar-refractivity contribution in [3.63, 3.8) is 0 Å². The van der Waals surface area contributed by atoms with Gasteiger partial charge in [0, 0.05) is 18.8 Å². The van der Waals surface area contributed by atoms with Crippen LogP contribution in [-0.4, -0.2) is 41.3 Å². The second kappa shape index (κ2) is 8.41. The molecule has 144 valence electrons. The molecule has 2 N–H and O–H groups in total. The number of para-hydroxylation sites is 1. The smallest absolute Gasteiger partial charge is 0.230 e. The molecule has 1 aliphatic heterocycles. The largest absolute Gasteiger partial charge is 0.378 e. The lowest BCUT2D eigenvalue weighted by Crippen LogP contribution is -2.36. The summed E-state index contributed by atoms with van der Waals surface area (Å²) in [5.41, 5.74) is 3.13. The number of morpholine rings is 1. The van der Waals surface area contributed by atoms with Gasteiger partial charge in [-0.15, -0.1) is 0 Å². The molecule has 0 radical (unpaired) electrons. The first kappa shape index (κ1) is 18.5. The Morgan fingerprint density at radius 3 is 2.57 bits per heavy atom. The van der Waals surface area contributed by atoms with Crippen LogP contribution in [0.2, 0.25) is 5.02 Å². The van der Waals surface area contributed by atoms with Crippen molar-refractivity contribution in [3.8, 4) is 0 Å². The molecule has 1 aliphatic rings. The van der Waals surface area contributed by atoms with Gasteiger partial charge in [-0.1, -0.05) is 29.8 Å². The molecule has 2 aromatic heterocycles. The molecule has 3 heterocycles. The number of rotatable bonds is 5. The number of anilines is 5. The normalized spacial score (nSPS) is 14.0. The Bertz CT molecular complexity index is 944. The van der Waals surface area contributed by atoms with Crippen LogP contribution in [0.4, 0.5) is 29.0 Å². The van der Waals surface area contributed by atoms with E-state index >= 15 is 0 Å². The van der Waals surface area contributed by atoms with Crippen LogP contribution in [0.5, 0.6) is 0 Å². The molecule has 1 aromatic carbocycles. The summed E-state index contributed by atoms with van der Waals surface area (Å²) in [5, 5.41) is 6.83. The number of aryl methyl sites for hydroxylation is 1. The van der Waals surface area contributed by atoms with Gasteiger partial charge in [0.2, 0.25) is 5.95 Å². The van der Waals surface area contributed by atoms with Crippen molar-refractivity contribution in [3.05, 3.63) is 59.4 Å². The van der Waals surface area contributed by atoms with Gasteiger partial charge in [0.1, 0.15) is 10.8 Å². The van der Waals surface area contributed by atoms with E-state index in [0.717, 1.165) is 43.2 Å². The number of benzene rings is 1. The minimum absolute atomic E-state index is 0.423. The molecular formula is C20H21ClN6O. The first-order valence-electron chi connectivity index (χ1n) is 9.10. The third-order valence-corrected chi connectivity index (χ3v) is 4.78. The van der Waals surface area contributed by atoms with Gasteiger partial charge in [-0.05, 0) is 30.7 Å². The zero-order valence-corrected chi connectivity index (χ0v) is 16.3. The first-order valence-corrected chi connectivity index (χ1v) is 9.48. The van der Waals surface area contributed by atoms with E-state index < -0.39 is 0 Å². The van der Waals surface area contributed by atoms with Crippen LogP contribution in [0.1, 0.15) is 5.56 Å². The summed E-state index contributed by atoms with van der Waals surface area (Å²) in [6.07, 6.45) is 3.41. The van der Waals surface area contributed by atoms with Gasteiger partial charge in [-0.25, -0.2) is 9.97 Å². The van der Waals surface area contributed by atoms with E-state index in [1.807, 2.05) is 49.5 Å². The fourth-order valence-corrected chi connectivity index (χ4v) is 3.08. The molecule has 0 saturated carbocycles. The summed E-state index contributed by atoms with van der Waals surface area (Å²) in [6, 6.07) is 11.9. The van der Waals surface area contributed by atoms with Crippen molar-refractivity contribution in [2.24, 2.45) is 0 Å². The van der Waals surface area contributed by atoms with Crippen LogP contribution < -0.4 is 15.5 Å². The van der Waals surface area contributed by atoms with Crippen LogP contribution in [0, 0.1) is 6.92 Å². The van der Waals surface area contributed by atoms with E-state index in [1.54, 1.807) is 6.20 Å². The monoisotopic (exact) mass is 396 g/mol. The van der Waals surface area contributed by atoms with Gasteiger partial charge >= 0.3 is 0 Å². The third-order valence-electron chi connectivity index (χ3n) is 4.51. The van der Waals surface area contributed by atoms with Crippen LogP contribution in [0.15, 0.2) is 48.8 Å². The molecule has 4 rings (SSSR count). The SMILES string of the molecule is Cc1ccccc1Nc1nc(Nc2ccc(N3CCOCC3)cn2)ncc1Cl. The first-order chi connectivity index (χ1) is 13.7. The number of hydrogen-bond donors (Lipinski definition) is 2. The topological polar surface area (TPSA) is 75.2 Å². The van der Waals surface area contributed by atoms with Crippen molar-refractivity contribution in [2.45, 2.75) is 6.92 Å². The lowest BCUT2D eigenvalue weighted by molar-refractivity contribution is 0.122. The van der Waals surface area contributed by atoms with Crippen LogP contribution in [-0.2, 0) is 4.74 Å². The molecule has 1 saturated heterocycles. The minimum atomic E-state index is 0.423. The average molecular weight is 397 g/mol. The number of aromatic nitrogens is 3. The molecule has 0 bridgehead atoms. The molecule has 3 aromatic rings. The zero-order valence-electron chi connectivity index (χ0n) is 15.5. The number of hydrogen-bond acceptors (Lipinski definition) is 7. The minimum Gasteiger partial charge on any atom is -0.378 e. The Labute approximate surface area is 168 Å². The van der Waals surface area contributed by atoms with Gasteiger partial charge in [0.05, 0.1) is 31.3 Å². The molecule has 28 heavy (non-hydrogen) atoms. The molecule has 1 fully saturated rings. The van der Waals surface area contributed by atoms with Gasteiger partial charge in [-0.2, -0.15) is 4.98 Å². The lowest BCUT2D eigenvalue weighted by Gasteiger charge is -2.28. The Morgan fingerprint density at radius 1 is 1.00 bits per heavy atom. The maximum Gasteiger partial charge on any atom is 0.230 e. The maximum absolute atomic E-state index is 6.26. The highest BCUT2D eigenvalue weighted by molar-refractivity contribution is 6.32. The van der Waals surface area contributed by atoms with Crippen molar-refractivity contribution >= 4 is 40.6 Å². The summed E-state index contributed by atoms with van der Waals surface area (Å²) in [4.78, 5) is 15.5. The van der Waals surface area contributed by atoms with Crippen LogP contribution in [0.25, 0.3) is 0 Å². The fraction of sp³-hybridized carbons (Fsp3) is 0.250. The molecule has 0 aliphatic carbocycles. The van der Waals surface area contributed by atoms with Gasteiger partial charge < -0.3 is 20.3 Å². The molecule has 0 unspecified atom stereocenters. The average Bonchev–Trinajstić information content (AvgIpc) is 2.73. The van der Waals surface area contributed by atoms with E-state index in [-0.39, 0.29) is 0 Å². The van der Waals surface area contributed by atoms with E-state index in [2.05, 4.69) is 30.5 Å². The van der Waals surface area contributed by atoms with Crippen LogP contribution >= 0.6 is 11.6 Å². The third kappa shape index (κ3) is 4.32. The fourth-order valence-electron chi connectivity index (χ4n) is 2.94. The summed E-state index contributed by atoms with van der Waals surface area (Å²) in [5.74, 6) is 1.63. The van der Waals surface area contributed by atoms with Gasteiger partial charge in [0.25, 0.3) is 0 Å². The summed E-state index contributed by atoms with van der Waals surface area (Å²) in [7, 11) is 0. The van der Waals surface area contributed by atoms with Crippen molar-refractivity contribution < 1.29 is 4.74 Å². The maximum atomic E-state index is 6.26. The Balaban J connectivity index is 1.48. The predicted octanol–water partition coefficient (Wildman–Crippen LogP) is 4.16. The predicted molar refractivity (Wildman–Crippen MR) is 112 cm³/mol. The molecule has 8 heteroatoms. The molecular weight excluding hydrogens is 376 g/mol. The highest BCUT2D eigenvalue weighted by Gasteiger charge is 2.12. The second-order valence-corrected chi connectivity index (χ2v) is 6.86. The Morgan fingerprint density at radius 2 is 1.82 bits per heavy atom. The summed E-state index contributed by atoms with van der Waals surface area (Å²) >= 11 is 6.26. The number of nitrogens with one attached hydrogen (secondary N) is 2. The summed E-state index contributed by atoms with van der Waals surface area (Å²) < 4.78 is 5.39. The number of nitrogens with zero attached hydrogens (tertiary/aromatic N) is 4. The van der Waals surface area contributed by atoms with E-state index in [9.17, 15) is 0 Å². The number of ether oxygens (including phenoxy) is 1. The van der Waals surface area contributed by atoms with E-state index in [4.69, 9.17) is 16.3 Å². The number of pyridine rings is 1. The van der Waals surface area contributed by atoms with Gasteiger partial charge in [0.15, 0.2) is 5.82 Å². The number of halogens is 1. The highest BCUT2D eigenvalue weighted by atomic mass is 35.5. The molecule has 0 spiro atoms. The molecule has 0 amide bonds. The van der Waals surface area contributed by atoms with E-state index in [1.165, 1.54) is 0 Å². The molecule has 0 atom stereocenters. The second-order valence-electron chi connectivity index (χ2n) is 6.46. The molecule has 7 nitrogen and oxygen atoms in total. The summed E-state index contributed by atoms with van der Waals surface area (Å²) in [6.45, 7) is 5.27. The van der Waals surface area contributed by atoms with Crippen molar-refractivity contribution in [1.82, 2.24) is 15.0 Å². The Hall–Kier alpha value is -2.90. The standard InChI is InChI=1S/C20H21ClN6O/c1-14-4-2-3-5-17(14)24-19-16(21)13-23-20(26-19)25-18-7-6-15(12-22-18)27-8-10-28-11-9-27/h2-7,12-13H,8-11H2,1H3,(H2,22,23,24,25,26). The van der Waals surface area contributed by atoms with E-state index in [0.29, 0.717) is 22.6 Å². The quantitative estimate of drug-likeness (QED) is 0.670. The van der Waals surface area contributed by atoms with Crippen LogP contribution in [0.3, 0.4) is 0 Å². The Kier molecular flexibility index (Phi) is 5.55. The van der Waals surface area contributed by atoms with Crippen molar-refractivity contribution in [2.75, 3.05) is 41.8 Å². The lowest BCUT2D eigenvalue weighted by atomic mass is 10.2.